The molecule has 0 radical (unpaired) electrons. The Morgan fingerprint density at radius 1 is 1.04 bits per heavy atom. The van der Waals surface area contributed by atoms with Crippen LogP contribution in [0.5, 0.6) is 0 Å². The molecule has 0 spiro atoms. The average molecular weight is 360 g/mol. The summed E-state index contributed by atoms with van der Waals surface area (Å²) < 4.78 is 13.7. The Morgan fingerprint density at radius 3 is 2.70 bits per heavy atom. The van der Waals surface area contributed by atoms with Crippen molar-refractivity contribution in [3.63, 3.8) is 0 Å². The molecule has 3 aromatic carbocycles. The number of rotatable bonds is 4. The molecule has 0 aliphatic rings. The number of nitrogens with zero attached hydrogens (tertiary/aromatic N) is 5. The van der Waals surface area contributed by atoms with E-state index >= 15 is 0 Å². The van der Waals surface area contributed by atoms with Crippen LogP contribution >= 0.6 is 0 Å². The molecule has 132 valence electrons. The van der Waals surface area contributed by atoms with E-state index < -0.39 is 5.82 Å². The van der Waals surface area contributed by atoms with Gasteiger partial charge in [0.2, 0.25) is 0 Å². The molecule has 4 rings (SSSR count). The van der Waals surface area contributed by atoms with Crippen LogP contribution in [0.25, 0.3) is 10.8 Å². The van der Waals surface area contributed by atoms with E-state index in [2.05, 4.69) is 25.9 Å². The monoisotopic (exact) mass is 360 g/mol. The van der Waals surface area contributed by atoms with E-state index in [1.165, 1.54) is 12.3 Å². The highest BCUT2D eigenvalue weighted by atomic mass is 19.1. The number of anilines is 1. The number of hydrogen-bond donors (Lipinski definition) is 1. The number of nitrogens with one attached hydrogen (secondary N) is 1. The molecule has 0 fully saturated rings. The quantitative estimate of drug-likeness (QED) is 0.567. The first kappa shape index (κ1) is 16.5. The number of tetrazole rings is 1. The van der Waals surface area contributed by atoms with Crippen molar-refractivity contribution in [3.8, 4) is 0 Å². The predicted octanol–water partition coefficient (Wildman–Crippen LogP) is 3.10. The Hall–Kier alpha value is -3.94. The molecule has 27 heavy (non-hydrogen) atoms. The maximum Gasteiger partial charge on any atom is 0.272 e. The van der Waals surface area contributed by atoms with Crippen LogP contribution in [-0.4, -0.2) is 32.4 Å². The summed E-state index contributed by atoms with van der Waals surface area (Å²) in [6.45, 7) is 0. The molecule has 7 nitrogen and oxygen atoms in total. The van der Waals surface area contributed by atoms with Crippen LogP contribution in [0.1, 0.15) is 15.9 Å². The Morgan fingerprint density at radius 2 is 1.81 bits per heavy atom. The van der Waals surface area contributed by atoms with Crippen molar-refractivity contribution in [2.24, 2.45) is 5.10 Å². The van der Waals surface area contributed by atoms with Gasteiger partial charge in [0.1, 0.15) is 5.82 Å². The average Bonchev–Trinajstić information content (AvgIpc) is 3.14. The topological polar surface area (TPSA) is 85.1 Å². The standard InChI is InChI=1S/C19H13FN6O/c20-17-11-4-2-7-14(17)12-21-26-19(23-24-25-26)22-18(27)16-10-5-8-13-6-1-3-9-15(13)16/h1-12H,(H,22,23,25,27)/b21-12+. The van der Waals surface area contributed by atoms with E-state index in [9.17, 15) is 9.18 Å². The largest absolute Gasteiger partial charge is 0.288 e. The van der Waals surface area contributed by atoms with Gasteiger partial charge in [-0.15, -0.1) is 0 Å². The Balaban J connectivity index is 1.60. The molecule has 1 amide bonds. The highest BCUT2D eigenvalue weighted by molar-refractivity contribution is 6.12. The fourth-order valence-corrected chi connectivity index (χ4v) is 2.62. The maximum absolute atomic E-state index is 13.7. The summed E-state index contributed by atoms with van der Waals surface area (Å²) in [5.74, 6) is -0.764. The molecule has 0 atom stereocenters. The third-order valence-corrected chi connectivity index (χ3v) is 3.92. The lowest BCUT2D eigenvalue weighted by Gasteiger charge is -2.06. The summed E-state index contributed by atoms with van der Waals surface area (Å²) in [6, 6.07) is 19.2. The summed E-state index contributed by atoms with van der Waals surface area (Å²) in [6.07, 6.45) is 1.28. The minimum absolute atomic E-state index is 0.0283. The minimum atomic E-state index is -0.421. The lowest BCUT2D eigenvalue weighted by molar-refractivity contribution is 0.102. The maximum atomic E-state index is 13.7. The fraction of sp³-hybridized carbons (Fsp3) is 0. The van der Waals surface area contributed by atoms with E-state index in [1.54, 1.807) is 30.3 Å². The summed E-state index contributed by atoms with van der Waals surface area (Å²) in [7, 11) is 0. The van der Waals surface area contributed by atoms with Crippen molar-refractivity contribution in [2.45, 2.75) is 0 Å². The lowest BCUT2D eigenvalue weighted by atomic mass is 10.0. The van der Waals surface area contributed by atoms with E-state index in [0.29, 0.717) is 5.56 Å². The van der Waals surface area contributed by atoms with Gasteiger partial charge < -0.3 is 0 Å². The second-order valence-electron chi connectivity index (χ2n) is 5.64. The molecule has 1 N–H and O–H groups in total. The van der Waals surface area contributed by atoms with Gasteiger partial charge in [-0.3, -0.25) is 10.1 Å². The molecule has 4 aromatic rings. The zero-order valence-electron chi connectivity index (χ0n) is 14.0. The minimum Gasteiger partial charge on any atom is -0.288 e. The Kier molecular flexibility index (Phi) is 4.36. The van der Waals surface area contributed by atoms with Gasteiger partial charge in [0.15, 0.2) is 0 Å². The zero-order valence-corrected chi connectivity index (χ0v) is 14.0. The molecule has 1 aromatic heterocycles. The van der Waals surface area contributed by atoms with Crippen molar-refractivity contribution >= 4 is 28.8 Å². The van der Waals surface area contributed by atoms with Crippen molar-refractivity contribution in [1.29, 1.82) is 0 Å². The van der Waals surface area contributed by atoms with Gasteiger partial charge >= 0.3 is 0 Å². The second-order valence-corrected chi connectivity index (χ2v) is 5.64. The molecule has 1 heterocycles. The summed E-state index contributed by atoms with van der Waals surface area (Å²) in [5.41, 5.74) is 0.764. The van der Waals surface area contributed by atoms with Gasteiger partial charge in [0.05, 0.1) is 6.21 Å². The van der Waals surface area contributed by atoms with Crippen molar-refractivity contribution in [3.05, 3.63) is 83.7 Å². The normalized spacial score (nSPS) is 11.1. The lowest BCUT2D eigenvalue weighted by Crippen LogP contribution is -2.15. The van der Waals surface area contributed by atoms with E-state index in [0.717, 1.165) is 15.6 Å². The molecule has 0 aliphatic heterocycles. The van der Waals surface area contributed by atoms with Crippen LogP contribution in [0, 0.1) is 5.82 Å². The Labute approximate surface area is 153 Å². The summed E-state index contributed by atoms with van der Waals surface area (Å²) in [4.78, 5) is 13.7. The summed E-state index contributed by atoms with van der Waals surface area (Å²) >= 11 is 0. The first-order valence-electron chi connectivity index (χ1n) is 8.09. The van der Waals surface area contributed by atoms with Crippen LogP contribution in [-0.2, 0) is 0 Å². The zero-order chi connectivity index (χ0) is 18.6. The van der Waals surface area contributed by atoms with Crippen LogP contribution in [0.4, 0.5) is 10.3 Å². The number of carbonyl (C=O) groups is 1. The number of halogens is 1. The fourth-order valence-electron chi connectivity index (χ4n) is 2.62. The third kappa shape index (κ3) is 3.40. The first-order valence-corrected chi connectivity index (χ1v) is 8.09. The number of amides is 1. The predicted molar refractivity (Wildman–Crippen MR) is 99.1 cm³/mol. The van der Waals surface area contributed by atoms with Gasteiger partial charge in [0, 0.05) is 11.1 Å². The number of fused-ring (bicyclic) bond motifs is 1. The Bertz CT molecular complexity index is 1150. The van der Waals surface area contributed by atoms with Crippen LogP contribution in [0.2, 0.25) is 0 Å². The van der Waals surface area contributed by atoms with E-state index in [4.69, 9.17) is 0 Å². The SMILES string of the molecule is O=C(Nc1nnnn1/N=C/c1ccccc1F)c1cccc2ccccc12. The molecule has 0 bridgehead atoms. The third-order valence-electron chi connectivity index (χ3n) is 3.92. The van der Waals surface area contributed by atoms with E-state index in [1.807, 2.05) is 30.3 Å². The van der Waals surface area contributed by atoms with Crippen LogP contribution in [0.15, 0.2) is 71.8 Å². The highest BCUT2D eigenvalue weighted by Crippen LogP contribution is 2.19. The molecular weight excluding hydrogens is 347 g/mol. The number of carbonyl (C=O) groups excluding carboxylic acids is 1. The molecule has 0 saturated heterocycles. The molecule has 0 aliphatic carbocycles. The molecule has 0 unspecified atom stereocenters. The number of hydrogen-bond acceptors (Lipinski definition) is 5. The number of aromatic nitrogens is 4. The smallest absolute Gasteiger partial charge is 0.272 e. The van der Waals surface area contributed by atoms with E-state index in [-0.39, 0.29) is 17.4 Å². The van der Waals surface area contributed by atoms with Gasteiger partial charge in [-0.25, -0.2) is 4.39 Å². The van der Waals surface area contributed by atoms with Crippen LogP contribution < -0.4 is 5.32 Å². The van der Waals surface area contributed by atoms with Crippen LogP contribution in [0.3, 0.4) is 0 Å². The molecule has 0 saturated carbocycles. The first-order chi connectivity index (χ1) is 13.2. The van der Waals surface area contributed by atoms with Crippen molar-refractivity contribution in [2.75, 3.05) is 5.32 Å². The summed E-state index contributed by atoms with van der Waals surface area (Å²) in [5, 5.41) is 19.4. The van der Waals surface area contributed by atoms with Crippen molar-refractivity contribution in [1.82, 2.24) is 20.3 Å². The second kappa shape index (κ2) is 7.12. The molecular formula is C19H13FN6O. The van der Waals surface area contributed by atoms with Crippen molar-refractivity contribution < 1.29 is 9.18 Å². The van der Waals surface area contributed by atoms with Gasteiger partial charge in [-0.1, -0.05) is 64.5 Å². The van der Waals surface area contributed by atoms with Gasteiger partial charge in [-0.2, -0.15) is 5.10 Å². The molecule has 8 heteroatoms. The van der Waals surface area contributed by atoms with Gasteiger partial charge in [-0.05, 0) is 33.3 Å². The van der Waals surface area contributed by atoms with Gasteiger partial charge in [0.25, 0.3) is 11.9 Å². The highest BCUT2D eigenvalue weighted by Gasteiger charge is 2.14. The number of benzene rings is 3.